The molecule has 0 spiro atoms. The van der Waals surface area contributed by atoms with Gasteiger partial charge in [-0.3, -0.25) is 5.01 Å². The van der Waals surface area contributed by atoms with Crippen LogP contribution in [0.25, 0.3) is 0 Å². The molecule has 1 unspecified atom stereocenters. The van der Waals surface area contributed by atoms with Gasteiger partial charge in [0.25, 0.3) is 0 Å². The molecule has 25 heavy (non-hydrogen) atoms. The number of hydrazone groups is 1. The van der Waals surface area contributed by atoms with Crippen LogP contribution in [0.5, 0.6) is 0 Å². The van der Waals surface area contributed by atoms with Crippen molar-refractivity contribution in [1.29, 1.82) is 0 Å². The molecule has 0 fully saturated rings. The Morgan fingerprint density at radius 1 is 0.800 bits per heavy atom. The Morgan fingerprint density at radius 3 is 2.04 bits per heavy atom. The topological polar surface area (TPSA) is 15.6 Å². The summed E-state index contributed by atoms with van der Waals surface area (Å²) < 4.78 is 0. The van der Waals surface area contributed by atoms with Gasteiger partial charge in [0.05, 0.1) is 10.6 Å². The zero-order chi connectivity index (χ0) is 17.2. The molecule has 1 aliphatic heterocycles. The van der Waals surface area contributed by atoms with Gasteiger partial charge in [-0.1, -0.05) is 84.5 Å². The van der Waals surface area contributed by atoms with E-state index in [2.05, 4.69) is 12.1 Å². The lowest BCUT2D eigenvalue weighted by molar-refractivity contribution is 0.829. The molecular weight excluding hydrogens is 348 g/mol. The first-order chi connectivity index (χ1) is 12.2. The first-order valence-electron chi connectivity index (χ1n) is 8.02. The highest BCUT2D eigenvalue weighted by Gasteiger charge is 2.34. The van der Waals surface area contributed by atoms with Crippen molar-refractivity contribution in [3.8, 4) is 0 Å². The van der Waals surface area contributed by atoms with Crippen LogP contribution in [0.1, 0.15) is 17.2 Å². The SMILES string of the molecule is S=C1C(c2ccc(Cl)cc2)=NN(c2ccccc2)C1c1ccccc1. The molecule has 0 aliphatic carbocycles. The maximum absolute atomic E-state index is 6.02. The van der Waals surface area contributed by atoms with E-state index < -0.39 is 0 Å². The monoisotopic (exact) mass is 362 g/mol. The van der Waals surface area contributed by atoms with Gasteiger partial charge in [0, 0.05) is 10.6 Å². The standard InChI is InChI=1S/C21H15ClN2S/c22-17-13-11-15(12-14-17)19-21(25)20(16-7-3-1-4-8-16)24(23-19)18-9-5-2-6-10-18/h1-14,20H. The van der Waals surface area contributed by atoms with Crippen LogP contribution in [-0.2, 0) is 0 Å². The summed E-state index contributed by atoms with van der Waals surface area (Å²) in [5, 5.41) is 7.57. The molecule has 0 saturated heterocycles. The van der Waals surface area contributed by atoms with Crippen molar-refractivity contribution in [2.24, 2.45) is 5.10 Å². The van der Waals surface area contributed by atoms with Crippen LogP contribution in [0.2, 0.25) is 5.02 Å². The average molecular weight is 363 g/mol. The number of anilines is 1. The molecule has 122 valence electrons. The third-order valence-corrected chi connectivity index (χ3v) is 4.86. The van der Waals surface area contributed by atoms with Crippen LogP contribution in [0.4, 0.5) is 5.69 Å². The van der Waals surface area contributed by atoms with E-state index in [0.717, 1.165) is 27.4 Å². The first kappa shape index (κ1) is 16.0. The van der Waals surface area contributed by atoms with Crippen LogP contribution >= 0.6 is 23.8 Å². The summed E-state index contributed by atoms with van der Waals surface area (Å²) in [5.74, 6) is 0. The van der Waals surface area contributed by atoms with Crippen LogP contribution < -0.4 is 5.01 Å². The summed E-state index contributed by atoms with van der Waals surface area (Å²) in [6.07, 6.45) is 0. The summed E-state index contributed by atoms with van der Waals surface area (Å²) in [5.41, 5.74) is 3.95. The van der Waals surface area contributed by atoms with Gasteiger partial charge in [0.15, 0.2) is 0 Å². The number of hydrogen-bond acceptors (Lipinski definition) is 3. The Bertz CT molecular complexity index is 921. The first-order valence-corrected chi connectivity index (χ1v) is 8.80. The fraction of sp³-hybridized carbons (Fsp3) is 0.0476. The molecule has 1 aliphatic rings. The number of hydrogen-bond donors (Lipinski definition) is 0. The van der Waals surface area contributed by atoms with Gasteiger partial charge < -0.3 is 0 Å². The number of benzene rings is 3. The van der Waals surface area contributed by atoms with E-state index in [1.165, 1.54) is 0 Å². The van der Waals surface area contributed by atoms with Gasteiger partial charge in [-0.2, -0.15) is 5.10 Å². The molecule has 0 radical (unpaired) electrons. The Balaban J connectivity index is 1.81. The van der Waals surface area contributed by atoms with E-state index in [1.807, 2.05) is 77.8 Å². The van der Waals surface area contributed by atoms with Gasteiger partial charge in [0.1, 0.15) is 11.8 Å². The molecule has 3 aromatic carbocycles. The van der Waals surface area contributed by atoms with Crippen molar-refractivity contribution in [2.45, 2.75) is 6.04 Å². The van der Waals surface area contributed by atoms with Crippen LogP contribution in [0, 0.1) is 0 Å². The lowest BCUT2D eigenvalue weighted by Crippen LogP contribution is -2.24. The fourth-order valence-corrected chi connectivity index (χ4v) is 3.50. The zero-order valence-electron chi connectivity index (χ0n) is 13.3. The lowest BCUT2D eigenvalue weighted by atomic mass is 9.98. The minimum atomic E-state index is -0.0933. The molecule has 3 aromatic rings. The molecule has 0 N–H and O–H groups in total. The zero-order valence-corrected chi connectivity index (χ0v) is 14.9. The molecule has 1 heterocycles. The summed E-state index contributed by atoms with van der Waals surface area (Å²) in [4.78, 5) is 0.817. The van der Waals surface area contributed by atoms with E-state index in [-0.39, 0.29) is 6.04 Å². The number of rotatable bonds is 3. The third kappa shape index (κ3) is 3.09. The van der Waals surface area contributed by atoms with Crippen molar-refractivity contribution in [3.63, 3.8) is 0 Å². The van der Waals surface area contributed by atoms with Crippen LogP contribution in [-0.4, -0.2) is 10.6 Å². The number of thiocarbonyl (C=S) groups is 1. The minimum absolute atomic E-state index is 0.0933. The quantitative estimate of drug-likeness (QED) is 0.557. The fourth-order valence-electron chi connectivity index (χ4n) is 2.98. The van der Waals surface area contributed by atoms with Crippen LogP contribution in [0.15, 0.2) is 90.0 Å². The van der Waals surface area contributed by atoms with Crippen molar-refractivity contribution >= 4 is 40.1 Å². The smallest absolute Gasteiger partial charge is 0.115 e. The molecule has 4 rings (SSSR count). The second kappa shape index (κ2) is 6.79. The maximum atomic E-state index is 6.02. The highest BCUT2D eigenvalue weighted by atomic mass is 35.5. The summed E-state index contributed by atoms with van der Waals surface area (Å²) in [6, 6.07) is 27.9. The van der Waals surface area contributed by atoms with Gasteiger partial charge in [-0.05, 0) is 29.8 Å². The van der Waals surface area contributed by atoms with Gasteiger partial charge in [-0.15, -0.1) is 0 Å². The molecule has 0 bridgehead atoms. The molecular formula is C21H15ClN2S. The molecule has 2 nitrogen and oxygen atoms in total. The highest BCUT2D eigenvalue weighted by Crippen LogP contribution is 2.35. The second-order valence-corrected chi connectivity index (χ2v) is 6.69. The maximum Gasteiger partial charge on any atom is 0.115 e. The number of halogens is 1. The largest absolute Gasteiger partial charge is 0.252 e. The van der Waals surface area contributed by atoms with Crippen molar-refractivity contribution < 1.29 is 0 Å². The molecule has 4 heteroatoms. The van der Waals surface area contributed by atoms with E-state index >= 15 is 0 Å². The Labute approximate surface area is 157 Å². The van der Waals surface area contributed by atoms with Crippen LogP contribution in [0.3, 0.4) is 0 Å². The van der Waals surface area contributed by atoms with E-state index in [1.54, 1.807) is 0 Å². The highest BCUT2D eigenvalue weighted by molar-refractivity contribution is 7.82. The number of para-hydroxylation sites is 1. The number of nitrogens with zero attached hydrogens (tertiary/aromatic N) is 2. The van der Waals surface area contributed by atoms with E-state index in [9.17, 15) is 0 Å². The molecule has 0 aromatic heterocycles. The van der Waals surface area contributed by atoms with Crippen molar-refractivity contribution in [1.82, 2.24) is 0 Å². The van der Waals surface area contributed by atoms with Gasteiger partial charge in [0.2, 0.25) is 0 Å². The second-order valence-electron chi connectivity index (χ2n) is 5.81. The molecule has 0 saturated carbocycles. The lowest BCUT2D eigenvalue weighted by Gasteiger charge is -2.23. The molecule has 1 atom stereocenters. The Morgan fingerprint density at radius 2 is 1.40 bits per heavy atom. The predicted molar refractivity (Wildman–Crippen MR) is 109 cm³/mol. The van der Waals surface area contributed by atoms with Gasteiger partial charge in [-0.25, -0.2) is 0 Å². The summed E-state index contributed by atoms with van der Waals surface area (Å²) >= 11 is 11.9. The predicted octanol–water partition coefficient (Wildman–Crippen LogP) is 5.68. The van der Waals surface area contributed by atoms with E-state index in [4.69, 9.17) is 28.9 Å². The molecule has 0 amide bonds. The Kier molecular flexibility index (Phi) is 4.35. The Hall–Kier alpha value is -2.49. The normalized spacial score (nSPS) is 16.8. The summed E-state index contributed by atoms with van der Waals surface area (Å²) in [7, 11) is 0. The van der Waals surface area contributed by atoms with E-state index in [0.29, 0.717) is 5.02 Å². The minimum Gasteiger partial charge on any atom is -0.252 e. The van der Waals surface area contributed by atoms with Gasteiger partial charge >= 0.3 is 0 Å². The van der Waals surface area contributed by atoms with Crippen molar-refractivity contribution in [3.05, 3.63) is 101 Å². The average Bonchev–Trinajstić information content (AvgIpc) is 3.01. The summed E-state index contributed by atoms with van der Waals surface area (Å²) in [6.45, 7) is 0. The van der Waals surface area contributed by atoms with Crippen molar-refractivity contribution in [2.75, 3.05) is 5.01 Å². The third-order valence-electron chi connectivity index (χ3n) is 4.19.